The van der Waals surface area contributed by atoms with Crippen LogP contribution in [0.3, 0.4) is 0 Å². The predicted molar refractivity (Wildman–Crippen MR) is 121 cm³/mol. The number of amides is 1. The number of nitrogens with zero attached hydrogens (tertiary/aromatic N) is 2. The monoisotopic (exact) mass is 488 g/mol. The lowest BCUT2D eigenvalue weighted by Gasteiger charge is -2.15. The molecule has 2 rings (SSSR count). The van der Waals surface area contributed by atoms with Crippen LogP contribution in [0.15, 0.2) is 35.3 Å². The summed E-state index contributed by atoms with van der Waals surface area (Å²) < 4.78 is 5.69. The predicted octanol–water partition coefficient (Wildman–Crippen LogP) is 2.78. The summed E-state index contributed by atoms with van der Waals surface area (Å²) >= 11 is 0. The van der Waals surface area contributed by atoms with Crippen LogP contribution in [0.5, 0.6) is 0 Å². The molecule has 1 amide bonds. The van der Waals surface area contributed by atoms with E-state index in [-0.39, 0.29) is 36.4 Å². The number of aliphatic imine (C=N–C) groups is 1. The van der Waals surface area contributed by atoms with Crippen molar-refractivity contribution in [2.24, 2.45) is 4.99 Å². The summed E-state index contributed by atoms with van der Waals surface area (Å²) in [5, 5.41) is 6.48. The van der Waals surface area contributed by atoms with Gasteiger partial charge in [0.1, 0.15) is 6.54 Å². The van der Waals surface area contributed by atoms with Gasteiger partial charge in [0.2, 0.25) is 5.91 Å². The summed E-state index contributed by atoms with van der Waals surface area (Å²) in [5.74, 6) is 0.833. The Bertz CT molecular complexity index is 548. The lowest BCUT2D eigenvalue weighted by atomic mass is 10.2. The quantitative estimate of drug-likeness (QED) is 0.230. The highest BCUT2D eigenvalue weighted by molar-refractivity contribution is 14.0. The molecule has 1 heterocycles. The maximum Gasteiger partial charge on any atom is 0.244 e. The summed E-state index contributed by atoms with van der Waals surface area (Å²) in [5.41, 5.74) is 1.20. The molecular weight excluding hydrogens is 455 g/mol. The second-order valence-corrected chi connectivity index (χ2v) is 6.46. The average molecular weight is 488 g/mol. The fourth-order valence-electron chi connectivity index (χ4n) is 2.86. The normalized spacial score (nSPS) is 14.0. The van der Waals surface area contributed by atoms with E-state index in [1.807, 2.05) is 30.0 Å². The molecule has 0 unspecified atom stereocenters. The Morgan fingerprint density at radius 1 is 1.15 bits per heavy atom. The van der Waals surface area contributed by atoms with Gasteiger partial charge in [-0.15, -0.1) is 24.0 Å². The van der Waals surface area contributed by atoms with E-state index in [0.717, 1.165) is 58.5 Å². The van der Waals surface area contributed by atoms with Crippen LogP contribution in [0, 0.1) is 0 Å². The maximum absolute atomic E-state index is 12.1. The van der Waals surface area contributed by atoms with Crippen LogP contribution < -0.4 is 10.6 Å². The van der Waals surface area contributed by atoms with Crippen molar-refractivity contribution < 1.29 is 9.53 Å². The fourth-order valence-corrected chi connectivity index (χ4v) is 2.86. The molecular formula is C20H33IN4O2. The smallest absolute Gasteiger partial charge is 0.244 e. The molecule has 1 aliphatic heterocycles. The Morgan fingerprint density at radius 2 is 1.89 bits per heavy atom. The Balaban J connectivity index is 0.00000364. The van der Waals surface area contributed by atoms with E-state index in [0.29, 0.717) is 12.6 Å². The van der Waals surface area contributed by atoms with Crippen LogP contribution in [0.2, 0.25) is 0 Å². The van der Waals surface area contributed by atoms with E-state index in [2.05, 4.69) is 27.8 Å². The molecule has 7 heteroatoms. The minimum Gasteiger partial charge on any atom is -0.377 e. The number of guanidine groups is 1. The van der Waals surface area contributed by atoms with Crippen molar-refractivity contribution in [1.29, 1.82) is 0 Å². The number of nitrogens with one attached hydrogen (secondary N) is 2. The summed E-state index contributed by atoms with van der Waals surface area (Å²) in [7, 11) is 0. The van der Waals surface area contributed by atoms with Gasteiger partial charge in [0, 0.05) is 32.8 Å². The third-order valence-corrected chi connectivity index (χ3v) is 4.29. The highest BCUT2D eigenvalue weighted by Crippen LogP contribution is 2.07. The number of rotatable bonds is 10. The standard InChI is InChI=1S/C20H32N4O2.HI/c1-2-21-20(23-16-19(25)24-13-7-8-14-24)22-12-6-9-15-26-17-18-10-4-3-5-11-18;/h3-5,10-11H,2,6-9,12-17H2,1H3,(H2,21,22,23);1H. The number of halogens is 1. The van der Waals surface area contributed by atoms with E-state index >= 15 is 0 Å². The van der Waals surface area contributed by atoms with Gasteiger partial charge >= 0.3 is 0 Å². The van der Waals surface area contributed by atoms with Crippen molar-refractivity contribution in [3.05, 3.63) is 35.9 Å². The molecule has 6 nitrogen and oxygen atoms in total. The minimum atomic E-state index is 0. The molecule has 1 fully saturated rings. The summed E-state index contributed by atoms with van der Waals surface area (Å²) in [6.07, 6.45) is 4.21. The first-order chi connectivity index (χ1) is 12.8. The van der Waals surface area contributed by atoms with Crippen molar-refractivity contribution >= 4 is 35.8 Å². The molecule has 1 aliphatic rings. The Morgan fingerprint density at radius 3 is 2.59 bits per heavy atom. The molecule has 0 bridgehead atoms. The van der Waals surface area contributed by atoms with Gasteiger partial charge in [-0.2, -0.15) is 0 Å². The molecule has 1 aromatic carbocycles. The van der Waals surface area contributed by atoms with Gasteiger partial charge in [0.05, 0.1) is 6.61 Å². The second kappa shape index (κ2) is 14.7. The van der Waals surface area contributed by atoms with Crippen molar-refractivity contribution in [2.75, 3.05) is 39.3 Å². The summed E-state index contributed by atoms with van der Waals surface area (Å²) in [6.45, 7) is 7.01. The highest BCUT2D eigenvalue weighted by atomic mass is 127. The van der Waals surface area contributed by atoms with Gasteiger partial charge in [-0.25, -0.2) is 4.99 Å². The number of hydrogen-bond acceptors (Lipinski definition) is 3. The van der Waals surface area contributed by atoms with E-state index in [1.165, 1.54) is 5.56 Å². The number of benzene rings is 1. The van der Waals surface area contributed by atoms with Gasteiger partial charge in [-0.05, 0) is 38.2 Å². The van der Waals surface area contributed by atoms with Crippen LogP contribution in [-0.2, 0) is 16.1 Å². The largest absolute Gasteiger partial charge is 0.377 e. The number of unbranched alkanes of at least 4 members (excludes halogenated alkanes) is 1. The Labute approximate surface area is 180 Å². The van der Waals surface area contributed by atoms with Crippen molar-refractivity contribution in [3.63, 3.8) is 0 Å². The minimum absolute atomic E-state index is 0. The van der Waals surface area contributed by atoms with Crippen LogP contribution in [-0.4, -0.2) is 56.1 Å². The first kappa shape index (κ1) is 23.7. The molecule has 2 N–H and O–H groups in total. The Hall–Kier alpha value is -1.35. The van der Waals surface area contributed by atoms with E-state index in [4.69, 9.17) is 4.74 Å². The van der Waals surface area contributed by atoms with Crippen LogP contribution in [0.4, 0.5) is 0 Å². The first-order valence-corrected chi connectivity index (χ1v) is 9.71. The zero-order valence-corrected chi connectivity index (χ0v) is 18.6. The first-order valence-electron chi connectivity index (χ1n) is 9.71. The van der Waals surface area contributed by atoms with Gasteiger partial charge in [-0.3, -0.25) is 4.79 Å². The van der Waals surface area contributed by atoms with Crippen molar-refractivity contribution in [3.8, 4) is 0 Å². The van der Waals surface area contributed by atoms with Crippen molar-refractivity contribution in [2.45, 2.75) is 39.2 Å². The number of hydrogen-bond donors (Lipinski definition) is 2. The van der Waals surface area contributed by atoms with Crippen molar-refractivity contribution in [1.82, 2.24) is 15.5 Å². The van der Waals surface area contributed by atoms with Crippen LogP contribution in [0.25, 0.3) is 0 Å². The van der Waals surface area contributed by atoms with Crippen LogP contribution >= 0.6 is 24.0 Å². The lowest BCUT2D eigenvalue weighted by molar-refractivity contribution is -0.128. The highest BCUT2D eigenvalue weighted by Gasteiger charge is 2.17. The lowest BCUT2D eigenvalue weighted by Crippen LogP contribution is -2.39. The number of carbonyl (C=O) groups excluding carboxylic acids is 1. The molecule has 0 radical (unpaired) electrons. The SMILES string of the molecule is CCNC(=NCC(=O)N1CCCC1)NCCCCOCc1ccccc1.I. The summed E-state index contributed by atoms with van der Waals surface area (Å²) in [6, 6.07) is 10.2. The molecule has 27 heavy (non-hydrogen) atoms. The van der Waals surface area contributed by atoms with Gasteiger partial charge in [0.15, 0.2) is 5.96 Å². The molecule has 0 saturated carbocycles. The molecule has 1 aromatic rings. The van der Waals surface area contributed by atoms with E-state index in [1.54, 1.807) is 0 Å². The number of carbonyl (C=O) groups is 1. The molecule has 0 spiro atoms. The number of likely N-dealkylation sites (tertiary alicyclic amines) is 1. The second-order valence-electron chi connectivity index (χ2n) is 6.46. The maximum atomic E-state index is 12.1. The van der Waals surface area contributed by atoms with Gasteiger partial charge < -0.3 is 20.3 Å². The molecule has 1 saturated heterocycles. The number of ether oxygens (including phenoxy) is 1. The molecule has 0 aromatic heterocycles. The third kappa shape index (κ3) is 9.95. The van der Waals surface area contributed by atoms with E-state index in [9.17, 15) is 4.79 Å². The molecule has 0 aliphatic carbocycles. The molecule has 152 valence electrons. The van der Waals surface area contributed by atoms with Gasteiger partial charge in [-0.1, -0.05) is 30.3 Å². The fraction of sp³-hybridized carbons (Fsp3) is 0.600. The van der Waals surface area contributed by atoms with E-state index < -0.39 is 0 Å². The zero-order valence-electron chi connectivity index (χ0n) is 16.3. The summed E-state index contributed by atoms with van der Waals surface area (Å²) in [4.78, 5) is 18.4. The third-order valence-electron chi connectivity index (χ3n) is 4.29. The topological polar surface area (TPSA) is 66.0 Å². The molecule has 0 atom stereocenters. The zero-order chi connectivity index (χ0) is 18.5. The average Bonchev–Trinajstić information content (AvgIpc) is 3.20. The van der Waals surface area contributed by atoms with Gasteiger partial charge in [0.25, 0.3) is 0 Å². The Kier molecular flexibility index (Phi) is 12.9. The van der Waals surface area contributed by atoms with Crippen LogP contribution in [0.1, 0.15) is 38.2 Å².